The molecule has 22 aromatic rings. The van der Waals surface area contributed by atoms with Crippen molar-refractivity contribution in [3.05, 3.63) is 474 Å². The molecule has 0 spiro atoms. The first-order chi connectivity index (χ1) is 64.8. The van der Waals surface area contributed by atoms with Crippen molar-refractivity contribution < 1.29 is 107 Å². The number of hydrogen-bond acceptors (Lipinski definition) is 15. The second-order valence-corrected chi connectivity index (χ2v) is 31.2. The zero-order valence-corrected chi connectivity index (χ0v) is 80.6. The standard InChI is InChI=1S/C25H18N3.C20H16N3.C19H15N4.C16H14N3.C15H12FN4.C15H13N4.6Cu/c1-2-8-18(9-3-1)22-14-6-11-20(26-22)17-21-12-7-15-24(27-21)25-16-19-10-4-5-13-23(19)28-25;1-14-6-4-8-16(21-14)13-17-9-5-11-19(22-17)20-12-15-7-2-3-10-18(15)23-20;1-13-6-4-7-14(20-13)12-15-8-5-11-18(21-15)19-22-16-9-2-3-10-17(16)23-19;1-12-5-2-6-13(18-12)11-14-7-3-8-16(19-14)15-9-4-10-17-15;1-10-4-2-6-13(18-10)15(16)14-7-3-5-11(19-14)12-8-9-17-20-12;1-11-4-2-5-12(18-11)8-13-6-3-7-14(19-13)15-9-16-10-17-15;;;;;;/h1-16H,17H2;2-12H,13H2,1H3;2-11H,12H2,1H3;2-10H,11H2,1H3;2-9,15H,1H3;2-7,9-10H,8H2,1H3;;;;;;/q6*-1;6*+1. The van der Waals surface area contributed by atoms with Gasteiger partial charge in [-0.2, -0.15) is 6.20 Å². The fourth-order valence-electron chi connectivity index (χ4n) is 14.8. The van der Waals surface area contributed by atoms with Gasteiger partial charge in [0.2, 0.25) is 0 Å². The summed E-state index contributed by atoms with van der Waals surface area (Å²) in [6, 6.07) is 115. The molecule has 0 N–H and O–H groups in total. The molecule has 0 saturated heterocycles. The van der Waals surface area contributed by atoms with Gasteiger partial charge in [-0.15, -0.1) is 28.1 Å². The Morgan fingerprint density at radius 2 is 0.616 bits per heavy atom. The first-order valence-electron chi connectivity index (χ1n) is 43.2. The summed E-state index contributed by atoms with van der Waals surface area (Å²) < 4.78 is 14.5. The summed E-state index contributed by atoms with van der Waals surface area (Å²) in [5, 5.41) is 9.96. The van der Waals surface area contributed by atoms with Crippen LogP contribution in [0.2, 0.25) is 0 Å². The molecule has 138 heavy (non-hydrogen) atoms. The maximum Gasteiger partial charge on any atom is 1.00 e. The van der Waals surface area contributed by atoms with Crippen LogP contribution in [0.3, 0.4) is 0 Å². The van der Waals surface area contributed by atoms with Crippen LogP contribution < -0.4 is 30.0 Å². The molecule has 28 heteroatoms. The van der Waals surface area contributed by atoms with Gasteiger partial charge in [0.1, 0.15) is 0 Å². The molecule has 0 saturated carbocycles. The Labute approximate surface area is 863 Å². The first kappa shape index (κ1) is 104. The fourth-order valence-corrected chi connectivity index (χ4v) is 14.8. The first-order valence-corrected chi connectivity index (χ1v) is 43.2. The third kappa shape index (κ3) is 29.0. The predicted molar refractivity (Wildman–Crippen MR) is 515 cm³/mol. The van der Waals surface area contributed by atoms with E-state index in [1.807, 2.05) is 302 Å². The van der Waals surface area contributed by atoms with E-state index in [4.69, 9.17) is 24.9 Å². The van der Waals surface area contributed by atoms with Crippen molar-refractivity contribution in [3.63, 3.8) is 0 Å². The van der Waals surface area contributed by atoms with Crippen LogP contribution in [0, 0.1) is 34.6 Å². The molecule has 0 radical (unpaired) electrons. The molecule has 1 atom stereocenters. The third-order valence-electron chi connectivity index (χ3n) is 21.0. The molecule has 18 aromatic heterocycles. The molecule has 0 amide bonds. The molecule has 0 aliphatic heterocycles. The van der Waals surface area contributed by atoms with Crippen LogP contribution in [-0.4, -0.2) is 74.9 Å². The Bertz CT molecular complexity index is 7170. The van der Waals surface area contributed by atoms with Crippen molar-refractivity contribution >= 4 is 32.8 Å². The average Bonchev–Trinajstić information content (AvgIpc) is 1.70. The van der Waals surface area contributed by atoms with Gasteiger partial charge in [0.25, 0.3) is 0 Å². The molecular formula is C110H88Cu6FN21. The van der Waals surface area contributed by atoms with E-state index in [2.05, 4.69) is 129 Å². The number of hydrogen-bond donors (Lipinski definition) is 0. The van der Waals surface area contributed by atoms with E-state index in [1.165, 1.54) is 6.33 Å². The number of rotatable bonds is 19. The van der Waals surface area contributed by atoms with Crippen LogP contribution in [0.5, 0.6) is 0 Å². The van der Waals surface area contributed by atoms with Gasteiger partial charge in [0.05, 0.1) is 28.5 Å². The minimum Gasteiger partial charge on any atom is -0.662 e. The van der Waals surface area contributed by atoms with Crippen molar-refractivity contribution in [2.75, 3.05) is 0 Å². The SMILES string of the molecule is Cc1cccc(C(F)c2cccc(-c3ccn[n-]3)n2)n1.Cc1cccc(Cc2cccc(-c3cc4ccccc4[n-]3)n2)n1.Cc1cccc(Cc2cccc(-c3ccc[n-]3)n2)n1.Cc1cccc(Cc2cccc(-c3cnc[n-]3)n2)n1.Cc1cccc(Cc2cccc(-c3nc4ccccc4[n-]3)n2)n1.[Cu+].[Cu+].[Cu+].[Cu+].[Cu+].[Cu+].c1ccc(-c2cccc(Cc3cccc(-c4cc5ccccc5[n-]4)n3)n2)cc1. The number of imidazole rings is 2. The molecular weight excluding hydrogens is 2020 g/mol. The molecule has 0 fully saturated rings. The van der Waals surface area contributed by atoms with Crippen LogP contribution in [-0.2, 0) is 135 Å². The van der Waals surface area contributed by atoms with E-state index < -0.39 is 6.17 Å². The second-order valence-electron chi connectivity index (χ2n) is 31.2. The quantitative estimate of drug-likeness (QED) is 0.0680. The maximum atomic E-state index is 14.5. The summed E-state index contributed by atoms with van der Waals surface area (Å²) in [4.78, 5) is 85.8. The van der Waals surface area contributed by atoms with E-state index in [1.54, 1.807) is 55.0 Å². The normalized spacial score (nSPS) is 10.6. The molecule has 21 nitrogen and oxygen atoms in total. The zero-order valence-electron chi connectivity index (χ0n) is 75.0. The van der Waals surface area contributed by atoms with Crippen molar-refractivity contribution in [1.82, 2.24) is 105 Å². The van der Waals surface area contributed by atoms with Gasteiger partial charge in [0.15, 0.2) is 6.17 Å². The van der Waals surface area contributed by atoms with Crippen LogP contribution in [0.4, 0.5) is 4.39 Å². The minimum absolute atomic E-state index is 0. The number of halogens is 1. The van der Waals surface area contributed by atoms with Gasteiger partial charge in [0, 0.05) is 152 Å². The number of para-hydroxylation sites is 4. The number of aromatic nitrogens is 21. The number of aryl methyl sites for hydroxylation is 5. The van der Waals surface area contributed by atoms with Crippen LogP contribution in [0.25, 0.3) is 113 Å². The van der Waals surface area contributed by atoms with Crippen molar-refractivity contribution in [2.45, 2.75) is 72.9 Å². The van der Waals surface area contributed by atoms with Gasteiger partial charge in [-0.3, -0.25) is 59.8 Å². The maximum absolute atomic E-state index is 14.5. The topological polar surface area (TPSA) is 278 Å². The summed E-state index contributed by atoms with van der Waals surface area (Å²) in [5.74, 6) is 0.672. The predicted octanol–water partition coefficient (Wildman–Crippen LogP) is 21.5. The van der Waals surface area contributed by atoms with E-state index >= 15 is 0 Å². The van der Waals surface area contributed by atoms with Crippen molar-refractivity contribution in [3.8, 4) is 79.7 Å². The summed E-state index contributed by atoms with van der Waals surface area (Å²) in [5.41, 5.74) is 30.7. The summed E-state index contributed by atoms with van der Waals surface area (Å²) in [6.07, 6.45) is 8.87. The van der Waals surface area contributed by atoms with E-state index in [0.29, 0.717) is 41.4 Å². The van der Waals surface area contributed by atoms with Crippen LogP contribution in [0.15, 0.2) is 377 Å². The Kier molecular flexibility index (Phi) is 39.2. The summed E-state index contributed by atoms with van der Waals surface area (Å²) in [6.45, 7) is 9.83. The summed E-state index contributed by atoms with van der Waals surface area (Å²) >= 11 is 0. The Hall–Kier alpha value is -14.0. The minimum atomic E-state index is -1.35. The van der Waals surface area contributed by atoms with E-state index in [0.717, 1.165) is 200 Å². The number of nitrogens with zero attached hydrogens (tertiary/aromatic N) is 21. The molecule has 0 aliphatic rings. The summed E-state index contributed by atoms with van der Waals surface area (Å²) in [7, 11) is 0. The van der Waals surface area contributed by atoms with E-state index in [-0.39, 0.29) is 102 Å². The zero-order chi connectivity index (χ0) is 90.2. The van der Waals surface area contributed by atoms with Gasteiger partial charge < -0.3 is 45.1 Å². The fraction of sp³-hybridized carbons (Fsp3) is 0.100. The van der Waals surface area contributed by atoms with Gasteiger partial charge in [-0.25, -0.2) is 4.39 Å². The van der Waals surface area contributed by atoms with Crippen molar-refractivity contribution in [1.29, 1.82) is 0 Å². The monoisotopic (exact) mass is 2100 g/mol. The molecule has 18 heterocycles. The Balaban J connectivity index is 0.000000158. The molecule has 0 aliphatic carbocycles. The second kappa shape index (κ2) is 51.8. The van der Waals surface area contributed by atoms with Crippen molar-refractivity contribution in [2.24, 2.45) is 0 Å². The largest absolute Gasteiger partial charge is 1.00 e. The smallest absolute Gasteiger partial charge is 0.662 e. The molecule has 4 aromatic carbocycles. The Morgan fingerprint density at radius 1 is 0.261 bits per heavy atom. The molecule has 0 bridgehead atoms. The number of pyridine rings is 12. The van der Waals surface area contributed by atoms with Crippen LogP contribution >= 0.6 is 0 Å². The molecule has 706 valence electrons. The number of fused-ring (bicyclic) bond motifs is 3. The van der Waals surface area contributed by atoms with E-state index in [9.17, 15) is 4.39 Å². The molecule has 1 unspecified atom stereocenters. The Morgan fingerprint density at radius 3 is 1.02 bits per heavy atom. The van der Waals surface area contributed by atoms with Crippen LogP contribution in [0.1, 0.15) is 103 Å². The third-order valence-corrected chi connectivity index (χ3v) is 21.0. The average molecular weight is 2100 g/mol. The number of alkyl halides is 1. The number of benzene rings is 4. The van der Waals surface area contributed by atoms with Gasteiger partial charge >= 0.3 is 102 Å². The van der Waals surface area contributed by atoms with Gasteiger partial charge in [-0.05, 0) is 214 Å². The molecule has 22 rings (SSSR count). The van der Waals surface area contributed by atoms with Gasteiger partial charge in [-0.1, -0.05) is 224 Å².